The highest BCUT2D eigenvalue weighted by Gasteiger charge is 2.31. The molecule has 0 atom stereocenters. The van der Waals surface area contributed by atoms with Gasteiger partial charge in [0.15, 0.2) is 5.01 Å². The van der Waals surface area contributed by atoms with Crippen LogP contribution in [0.25, 0.3) is 10.2 Å². The van der Waals surface area contributed by atoms with E-state index in [0.717, 1.165) is 23.5 Å². The molecule has 106 valence electrons. The first kappa shape index (κ1) is 13.8. The lowest BCUT2D eigenvalue weighted by Gasteiger charge is -2.04. The van der Waals surface area contributed by atoms with Crippen molar-refractivity contribution in [3.63, 3.8) is 0 Å². The Kier molecular flexibility index (Phi) is 3.25. The van der Waals surface area contributed by atoms with Crippen LogP contribution in [0, 0.1) is 0 Å². The predicted molar refractivity (Wildman–Crippen MR) is 74.5 cm³/mol. The highest BCUT2D eigenvalue weighted by Crippen LogP contribution is 2.33. The minimum Gasteiger partial charge on any atom is -0.286 e. The minimum atomic E-state index is -4.40. The zero-order chi connectivity index (χ0) is 15.0. The van der Waals surface area contributed by atoms with E-state index in [1.54, 1.807) is 30.3 Å². The predicted octanol–water partition coefficient (Wildman–Crippen LogP) is 4.55. The van der Waals surface area contributed by atoms with E-state index >= 15 is 0 Å². The van der Waals surface area contributed by atoms with Crippen molar-refractivity contribution >= 4 is 27.3 Å². The molecule has 1 aromatic heterocycles. The second-order valence-corrected chi connectivity index (χ2v) is 5.43. The second kappa shape index (κ2) is 4.96. The smallest absolute Gasteiger partial charge is 0.286 e. The van der Waals surface area contributed by atoms with Crippen LogP contribution in [-0.4, -0.2) is 10.8 Å². The van der Waals surface area contributed by atoms with Crippen molar-refractivity contribution in [2.45, 2.75) is 6.18 Å². The highest BCUT2D eigenvalue weighted by molar-refractivity contribution is 7.20. The van der Waals surface area contributed by atoms with E-state index in [2.05, 4.69) is 4.98 Å². The Balaban J connectivity index is 2.04. The van der Waals surface area contributed by atoms with Gasteiger partial charge in [-0.25, -0.2) is 4.98 Å². The summed E-state index contributed by atoms with van der Waals surface area (Å²) in [4.78, 5) is 16.3. The number of carbonyl (C=O) groups excluding carboxylic acids is 1. The zero-order valence-electron chi connectivity index (χ0n) is 10.5. The Morgan fingerprint density at radius 2 is 1.76 bits per heavy atom. The molecule has 0 saturated heterocycles. The maximum absolute atomic E-state index is 12.7. The molecule has 1 heterocycles. The number of benzene rings is 2. The molecule has 0 N–H and O–H groups in total. The van der Waals surface area contributed by atoms with E-state index in [-0.39, 0.29) is 10.8 Å². The van der Waals surface area contributed by atoms with E-state index in [4.69, 9.17) is 0 Å². The zero-order valence-corrected chi connectivity index (χ0v) is 11.3. The number of rotatable bonds is 2. The minimum absolute atomic E-state index is 0.190. The van der Waals surface area contributed by atoms with Gasteiger partial charge in [-0.3, -0.25) is 4.79 Å². The van der Waals surface area contributed by atoms with Crippen molar-refractivity contribution in [2.24, 2.45) is 0 Å². The molecular formula is C15H8F3NOS. The number of nitrogens with zero attached hydrogens (tertiary/aromatic N) is 1. The summed E-state index contributed by atoms with van der Waals surface area (Å²) in [5, 5.41) is 0.190. The van der Waals surface area contributed by atoms with Gasteiger partial charge in [-0.15, -0.1) is 11.3 Å². The summed E-state index contributed by atoms with van der Waals surface area (Å²) >= 11 is 0.970. The van der Waals surface area contributed by atoms with Crippen molar-refractivity contribution in [2.75, 3.05) is 0 Å². The molecule has 3 rings (SSSR count). The van der Waals surface area contributed by atoms with E-state index in [0.29, 0.717) is 15.8 Å². The van der Waals surface area contributed by atoms with Gasteiger partial charge in [0.25, 0.3) is 0 Å². The number of aromatic nitrogens is 1. The van der Waals surface area contributed by atoms with Crippen LogP contribution in [0.2, 0.25) is 0 Å². The van der Waals surface area contributed by atoms with Gasteiger partial charge in [0.05, 0.1) is 15.8 Å². The quantitative estimate of drug-likeness (QED) is 0.650. The van der Waals surface area contributed by atoms with Crippen LogP contribution in [0.1, 0.15) is 20.9 Å². The molecule has 0 saturated carbocycles. The molecule has 0 spiro atoms. The van der Waals surface area contributed by atoms with Crippen LogP contribution in [0.4, 0.5) is 13.2 Å². The third kappa shape index (κ3) is 2.67. The fourth-order valence-electron chi connectivity index (χ4n) is 1.91. The first-order chi connectivity index (χ1) is 9.95. The van der Waals surface area contributed by atoms with Crippen LogP contribution in [0.15, 0.2) is 48.5 Å². The molecule has 0 aliphatic rings. The third-order valence-electron chi connectivity index (χ3n) is 2.95. The van der Waals surface area contributed by atoms with Gasteiger partial charge in [-0.1, -0.05) is 30.3 Å². The first-order valence-electron chi connectivity index (χ1n) is 6.03. The Bertz CT molecular complexity index is 809. The average Bonchev–Trinajstić information content (AvgIpc) is 2.89. The number of hydrogen-bond donors (Lipinski definition) is 0. The monoisotopic (exact) mass is 307 g/mol. The van der Waals surface area contributed by atoms with Gasteiger partial charge >= 0.3 is 6.18 Å². The van der Waals surface area contributed by atoms with Crippen molar-refractivity contribution in [3.05, 3.63) is 64.7 Å². The molecule has 0 unspecified atom stereocenters. The Hall–Kier alpha value is -2.21. The van der Waals surface area contributed by atoms with Crippen LogP contribution in [0.5, 0.6) is 0 Å². The maximum Gasteiger partial charge on any atom is 0.416 e. The van der Waals surface area contributed by atoms with Gasteiger partial charge < -0.3 is 0 Å². The summed E-state index contributed by atoms with van der Waals surface area (Å²) in [6.45, 7) is 0. The third-order valence-corrected chi connectivity index (χ3v) is 3.96. The van der Waals surface area contributed by atoms with Crippen molar-refractivity contribution in [3.8, 4) is 0 Å². The molecule has 6 heteroatoms. The summed E-state index contributed by atoms with van der Waals surface area (Å²) in [6, 6.07) is 11.8. The first-order valence-corrected chi connectivity index (χ1v) is 6.84. The molecule has 3 aromatic rings. The van der Waals surface area contributed by atoms with Crippen molar-refractivity contribution < 1.29 is 18.0 Å². The van der Waals surface area contributed by atoms with E-state index in [1.165, 1.54) is 6.07 Å². The highest BCUT2D eigenvalue weighted by atomic mass is 32.1. The SMILES string of the molecule is O=C(c1ccccc1)c1nc2ccc(C(F)(F)F)cc2s1. The fraction of sp³-hybridized carbons (Fsp3) is 0.0667. The Morgan fingerprint density at radius 3 is 2.43 bits per heavy atom. The molecule has 0 aliphatic heterocycles. The topological polar surface area (TPSA) is 30.0 Å². The van der Waals surface area contributed by atoms with Gasteiger partial charge in [0.2, 0.25) is 5.78 Å². The molecule has 0 radical (unpaired) electrons. The molecular weight excluding hydrogens is 299 g/mol. The lowest BCUT2D eigenvalue weighted by Crippen LogP contribution is -2.03. The summed E-state index contributed by atoms with van der Waals surface area (Å²) in [5.41, 5.74) is 0.122. The van der Waals surface area contributed by atoms with E-state index in [9.17, 15) is 18.0 Å². The molecule has 2 nitrogen and oxygen atoms in total. The molecule has 0 aliphatic carbocycles. The number of halogens is 3. The molecule has 0 bridgehead atoms. The number of ketones is 1. The number of carbonyl (C=O) groups is 1. The molecule has 0 amide bonds. The normalized spacial score (nSPS) is 11.8. The van der Waals surface area contributed by atoms with Crippen LogP contribution in [-0.2, 0) is 6.18 Å². The lowest BCUT2D eigenvalue weighted by atomic mass is 10.1. The number of alkyl halides is 3. The number of hydrogen-bond acceptors (Lipinski definition) is 3. The standard InChI is InChI=1S/C15H8F3NOS/c16-15(17,18)10-6-7-11-12(8-10)21-14(19-11)13(20)9-4-2-1-3-5-9/h1-8H. The Labute approximate surface area is 121 Å². The largest absolute Gasteiger partial charge is 0.416 e. The van der Waals surface area contributed by atoms with Crippen LogP contribution < -0.4 is 0 Å². The summed E-state index contributed by atoms with van der Waals surface area (Å²) in [7, 11) is 0. The van der Waals surface area contributed by atoms with Crippen LogP contribution >= 0.6 is 11.3 Å². The average molecular weight is 307 g/mol. The molecule has 2 aromatic carbocycles. The summed E-state index contributed by atoms with van der Waals surface area (Å²) in [5.74, 6) is -0.287. The van der Waals surface area contributed by atoms with Gasteiger partial charge in [0.1, 0.15) is 0 Å². The van der Waals surface area contributed by atoms with E-state index < -0.39 is 11.7 Å². The lowest BCUT2D eigenvalue weighted by molar-refractivity contribution is -0.137. The van der Waals surface area contributed by atoms with Gasteiger partial charge in [-0.2, -0.15) is 13.2 Å². The Morgan fingerprint density at radius 1 is 1.05 bits per heavy atom. The summed E-state index contributed by atoms with van der Waals surface area (Å²) < 4.78 is 38.3. The second-order valence-electron chi connectivity index (χ2n) is 4.39. The van der Waals surface area contributed by atoms with E-state index in [1.807, 2.05) is 0 Å². The molecule has 0 fully saturated rings. The van der Waals surface area contributed by atoms with Crippen molar-refractivity contribution in [1.82, 2.24) is 4.98 Å². The van der Waals surface area contributed by atoms with Crippen LogP contribution in [0.3, 0.4) is 0 Å². The summed E-state index contributed by atoms with van der Waals surface area (Å²) in [6.07, 6.45) is -4.40. The molecule has 21 heavy (non-hydrogen) atoms. The fourth-order valence-corrected chi connectivity index (χ4v) is 2.88. The van der Waals surface area contributed by atoms with Gasteiger partial charge in [-0.05, 0) is 18.2 Å². The van der Waals surface area contributed by atoms with Crippen molar-refractivity contribution in [1.29, 1.82) is 0 Å². The maximum atomic E-state index is 12.7. The number of thiazole rings is 1. The number of fused-ring (bicyclic) bond motifs is 1. The van der Waals surface area contributed by atoms with Gasteiger partial charge in [0, 0.05) is 5.56 Å².